The molecule has 0 aliphatic heterocycles. The third-order valence-electron chi connectivity index (χ3n) is 3.89. The molecule has 0 saturated carbocycles. The number of esters is 2. The number of unbranched alkanes of at least 4 members (excludes halogenated alkanes) is 2. The fourth-order valence-electron chi connectivity index (χ4n) is 2.75. The smallest absolute Gasteiger partial charge is 0.329 e. The molecule has 1 aromatic heterocycles. The zero-order chi connectivity index (χ0) is 24.5. The average molecular weight is 453 g/mol. The van der Waals surface area contributed by atoms with Crippen molar-refractivity contribution in [2.75, 3.05) is 5.32 Å². The van der Waals surface area contributed by atoms with Gasteiger partial charge in [0, 0.05) is 18.2 Å². The number of anilines is 1. The van der Waals surface area contributed by atoms with Crippen LogP contribution < -0.4 is 16.2 Å². The van der Waals surface area contributed by atoms with Crippen molar-refractivity contribution < 1.29 is 23.9 Å². The number of aromatic nitrogens is 2. The molecule has 1 atom stereocenters. The standard InChI is InChI=1S/C22H36N4O6/c1-14-13-16(27)25-19(23-14)26-20(30)24-15(18(29)32-22(5,6)7)11-9-8-10-12-17(28)31-21(2,3)4/h13,15H,8-12H2,1-7H3,(H3,23,24,25,26,27,30)/t15-/m0/s1. The molecule has 0 saturated heterocycles. The summed E-state index contributed by atoms with van der Waals surface area (Å²) in [6.07, 6.45) is 2.49. The Morgan fingerprint density at radius 3 is 2.22 bits per heavy atom. The summed E-state index contributed by atoms with van der Waals surface area (Å²) in [6.45, 7) is 12.3. The second-order valence-corrected chi connectivity index (χ2v) is 9.61. The van der Waals surface area contributed by atoms with Crippen molar-refractivity contribution in [3.8, 4) is 0 Å². The third-order valence-corrected chi connectivity index (χ3v) is 3.89. The molecule has 1 heterocycles. The van der Waals surface area contributed by atoms with Crippen molar-refractivity contribution >= 4 is 23.9 Å². The van der Waals surface area contributed by atoms with Crippen LogP contribution in [0.5, 0.6) is 0 Å². The van der Waals surface area contributed by atoms with Gasteiger partial charge in [-0.25, -0.2) is 14.6 Å². The second-order valence-electron chi connectivity index (χ2n) is 9.61. The number of aryl methyl sites for hydroxylation is 1. The van der Waals surface area contributed by atoms with Gasteiger partial charge in [-0.3, -0.25) is 19.9 Å². The van der Waals surface area contributed by atoms with Crippen molar-refractivity contribution in [3.05, 3.63) is 22.1 Å². The first kappa shape index (κ1) is 27.1. The fraction of sp³-hybridized carbons (Fsp3) is 0.682. The van der Waals surface area contributed by atoms with Gasteiger partial charge in [-0.1, -0.05) is 12.8 Å². The summed E-state index contributed by atoms with van der Waals surface area (Å²) < 4.78 is 10.7. The Hall–Kier alpha value is -2.91. The molecule has 10 nitrogen and oxygen atoms in total. The van der Waals surface area contributed by atoms with E-state index in [0.29, 0.717) is 31.4 Å². The minimum absolute atomic E-state index is 0.0206. The van der Waals surface area contributed by atoms with Gasteiger partial charge in [-0.05, 0) is 61.3 Å². The van der Waals surface area contributed by atoms with Gasteiger partial charge in [0.2, 0.25) is 5.95 Å². The first-order valence-electron chi connectivity index (χ1n) is 10.7. The first-order chi connectivity index (χ1) is 14.6. The zero-order valence-electron chi connectivity index (χ0n) is 20.1. The van der Waals surface area contributed by atoms with E-state index < -0.39 is 34.8 Å². The number of nitrogens with zero attached hydrogens (tertiary/aromatic N) is 1. The Balaban J connectivity index is 2.64. The number of hydrogen-bond acceptors (Lipinski definition) is 7. The molecule has 32 heavy (non-hydrogen) atoms. The van der Waals surface area contributed by atoms with E-state index >= 15 is 0 Å². The van der Waals surface area contributed by atoms with E-state index in [-0.39, 0.29) is 18.3 Å². The zero-order valence-corrected chi connectivity index (χ0v) is 20.1. The van der Waals surface area contributed by atoms with Crippen LogP contribution in [0.4, 0.5) is 10.7 Å². The van der Waals surface area contributed by atoms with Crippen LogP contribution in [-0.4, -0.2) is 45.2 Å². The average Bonchev–Trinajstić information content (AvgIpc) is 2.56. The topological polar surface area (TPSA) is 139 Å². The van der Waals surface area contributed by atoms with E-state index in [9.17, 15) is 19.2 Å². The number of ether oxygens (including phenoxy) is 2. The fourth-order valence-corrected chi connectivity index (χ4v) is 2.75. The highest BCUT2D eigenvalue weighted by molar-refractivity contribution is 5.91. The van der Waals surface area contributed by atoms with Crippen molar-refractivity contribution in [3.63, 3.8) is 0 Å². The molecule has 0 aliphatic rings. The molecule has 180 valence electrons. The Morgan fingerprint density at radius 1 is 1.03 bits per heavy atom. The maximum Gasteiger partial charge on any atom is 0.329 e. The normalized spacial score (nSPS) is 12.6. The predicted octanol–water partition coefficient (Wildman–Crippen LogP) is 3.20. The van der Waals surface area contributed by atoms with Crippen LogP contribution >= 0.6 is 0 Å². The Morgan fingerprint density at radius 2 is 1.66 bits per heavy atom. The number of hydrogen-bond donors (Lipinski definition) is 3. The summed E-state index contributed by atoms with van der Waals surface area (Å²) in [6, 6.07) is -0.292. The quantitative estimate of drug-likeness (QED) is 0.386. The van der Waals surface area contributed by atoms with Crippen molar-refractivity contribution in [2.24, 2.45) is 0 Å². The lowest BCUT2D eigenvalue weighted by molar-refractivity contribution is -0.158. The van der Waals surface area contributed by atoms with Crippen molar-refractivity contribution in [1.29, 1.82) is 0 Å². The molecule has 0 fully saturated rings. The number of urea groups is 1. The molecule has 0 spiro atoms. The van der Waals surface area contributed by atoms with Crippen LogP contribution in [-0.2, 0) is 19.1 Å². The molecule has 3 N–H and O–H groups in total. The van der Waals surface area contributed by atoms with E-state index in [1.165, 1.54) is 6.07 Å². The summed E-state index contributed by atoms with van der Waals surface area (Å²) in [7, 11) is 0. The van der Waals surface area contributed by atoms with Crippen LogP contribution in [0.1, 0.15) is 79.3 Å². The molecule has 0 bridgehead atoms. The number of carbonyl (C=O) groups excluding carboxylic acids is 3. The number of amides is 2. The molecular formula is C22H36N4O6. The summed E-state index contributed by atoms with van der Waals surface area (Å²) in [5.41, 5.74) is -1.20. The molecule has 1 rings (SSSR count). The largest absolute Gasteiger partial charge is 0.460 e. The molecule has 0 aromatic carbocycles. The highest BCUT2D eigenvalue weighted by Gasteiger charge is 2.26. The van der Waals surface area contributed by atoms with Crippen LogP contribution in [0.25, 0.3) is 0 Å². The van der Waals surface area contributed by atoms with E-state index in [4.69, 9.17) is 9.47 Å². The van der Waals surface area contributed by atoms with Gasteiger partial charge < -0.3 is 14.8 Å². The lowest BCUT2D eigenvalue weighted by Crippen LogP contribution is -2.46. The van der Waals surface area contributed by atoms with Gasteiger partial charge in [0.05, 0.1) is 0 Å². The van der Waals surface area contributed by atoms with Gasteiger partial charge in [-0.15, -0.1) is 0 Å². The predicted molar refractivity (Wildman–Crippen MR) is 120 cm³/mol. The third kappa shape index (κ3) is 12.1. The van der Waals surface area contributed by atoms with E-state index in [0.717, 1.165) is 0 Å². The number of H-pyrrole nitrogens is 1. The lowest BCUT2D eigenvalue weighted by Gasteiger charge is -2.24. The van der Waals surface area contributed by atoms with E-state index in [1.54, 1.807) is 27.7 Å². The SMILES string of the molecule is Cc1cc(=O)[nH]c(NC(=O)N[C@@H](CCCCCC(=O)OC(C)(C)C)C(=O)OC(C)(C)C)n1. The molecule has 1 aromatic rings. The molecular weight excluding hydrogens is 416 g/mol. The highest BCUT2D eigenvalue weighted by Crippen LogP contribution is 2.14. The van der Waals surface area contributed by atoms with Gasteiger partial charge >= 0.3 is 18.0 Å². The van der Waals surface area contributed by atoms with Crippen LogP contribution in [0, 0.1) is 6.92 Å². The van der Waals surface area contributed by atoms with E-state index in [2.05, 4.69) is 20.6 Å². The van der Waals surface area contributed by atoms with Gasteiger partial charge in [-0.2, -0.15) is 0 Å². The Bertz CT molecular complexity index is 851. The first-order valence-corrected chi connectivity index (χ1v) is 10.7. The summed E-state index contributed by atoms with van der Waals surface area (Å²) in [5.74, 6) is -0.850. The monoisotopic (exact) mass is 452 g/mol. The Kier molecular flexibility index (Phi) is 9.86. The van der Waals surface area contributed by atoms with Crippen LogP contribution in [0.3, 0.4) is 0 Å². The van der Waals surface area contributed by atoms with E-state index in [1.807, 2.05) is 20.8 Å². The molecule has 0 unspecified atom stereocenters. The minimum atomic E-state index is -0.896. The van der Waals surface area contributed by atoms with Gasteiger partial charge in [0.25, 0.3) is 5.56 Å². The summed E-state index contributed by atoms with van der Waals surface area (Å²) in [4.78, 5) is 54.7. The number of rotatable bonds is 9. The molecule has 10 heteroatoms. The van der Waals surface area contributed by atoms with Crippen LogP contribution in [0.15, 0.2) is 10.9 Å². The second kappa shape index (κ2) is 11.6. The van der Waals surface area contributed by atoms with Gasteiger partial charge in [0.1, 0.15) is 17.2 Å². The van der Waals surface area contributed by atoms with Crippen molar-refractivity contribution in [1.82, 2.24) is 15.3 Å². The molecule has 2 amide bonds. The molecule has 0 aliphatic carbocycles. The number of carbonyl (C=O) groups is 3. The lowest BCUT2D eigenvalue weighted by atomic mass is 10.1. The summed E-state index contributed by atoms with van der Waals surface area (Å²) in [5, 5.41) is 5.00. The number of nitrogens with one attached hydrogen (secondary N) is 3. The summed E-state index contributed by atoms with van der Waals surface area (Å²) >= 11 is 0. The van der Waals surface area contributed by atoms with Gasteiger partial charge in [0.15, 0.2) is 0 Å². The maximum absolute atomic E-state index is 12.6. The maximum atomic E-state index is 12.6. The number of aromatic amines is 1. The Labute approximate surface area is 188 Å². The highest BCUT2D eigenvalue weighted by atomic mass is 16.6. The molecule has 0 radical (unpaired) electrons. The van der Waals surface area contributed by atoms with Crippen LogP contribution in [0.2, 0.25) is 0 Å². The minimum Gasteiger partial charge on any atom is -0.460 e. The van der Waals surface area contributed by atoms with Crippen molar-refractivity contribution in [2.45, 2.75) is 97.8 Å².